The van der Waals surface area contributed by atoms with Crippen LogP contribution in [0.3, 0.4) is 0 Å². The van der Waals surface area contributed by atoms with Crippen molar-refractivity contribution in [2.75, 3.05) is 6.54 Å². The molecule has 12 heteroatoms. The number of carboxylic acids is 1. The summed E-state index contributed by atoms with van der Waals surface area (Å²) >= 11 is 0. The molecule has 26 heavy (non-hydrogen) atoms. The zero-order chi connectivity index (χ0) is 20.3. The van der Waals surface area contributed by atoms with Gasteiger partial charge in [0.15, 0.2) is 5.60 Å². The van der Waals surface area contributed by atoms with Crippen molar-refractivity contribution in [3.63, 3.8) is 0 Å². The van der Waals surface area contributed by atoms with Gasteiger partial charge in [-0.2, -0.15) is 17.9 Å². The van der Waals surface area contributed by atoms with Gasteiger partial charge in [0, 0.05) is 0 Å². The van der Waals surface area contributed by atoms with Crippen molar-refractivity contribution in [1.82, 2.24) is 10.0 Å². The molecule has 2 atom stereocenters. The third kappa shape index (κ3) is 5.41. The SMILES string of the molecule is CC(NS(=O)(=O)c1ccccc1C(F)(F)F)C(=O)NCC(C)(O)C(=O)O. The van der Waals surface area contributed by atoms with Crippen LogP contribution in [-0.2, 0) is 25.8 Å². The summed E-state index contributed by atoms with van der Waals surface area (Å²) in [5, 5.41) is 20.2. The highest BCUT2D eigenvalue weighted by molar-refractivity contribution is 7.89. The molecule has 8 nitrogen and oxygen atoms in total. The largest absolute Gasteiger partial charge is 0.479 e. The first-order valence-corrected chi connectivity index (χ1v) is 8.59. The number of aliphatic carboxylic acids is 1. The second-order valence-electron chi connectivity index (χ2n) is 5.63. The summed E-state index contributed by atoms with van der Waals surface area (Å²) in [4.78, 5) is 21.5. The monoisotopic (exact) mass is 398 g/mol. The third-order valence-corrected chi connectivity index (χ3v) is 4.87. The molecular weight excluding hydrogens is 381 g/mol. The summed E-state index contributed by atoms with van der Waals surface area (Å²) in [6.07, 6.45) is -4.92. The molecule has 1 aromatic carbocycles. The van der Waals surface area contributed by atoms with Crippen LogP contribution in [0.15, 0.2) is 29.2 Å². The molecule has 1 rings (SSSR count). The van der Waals surface area contributed by atoms with Crippen LogP contribution in [0.4, 0.5) is 13.2 Å². The first-order chi connectivity index (χ1) is 11.7. The number of benzene rings is 1. The van der Waals surface area contributed by atoms with Crippen LogP contribution < -0.4 is 10.0 Å². The van der Waals surface area contributed by atoms with Gasteiger partial charge in [-0.3, -0.25) is 4.79 Å². The molecule has 0 radical (unpaired) electrons. The van der Waals surface area contributed by atoms with Gasteiger partial charge in [0.2, 0.25) is 15.9 Å². The predicted molar refractivity (Wildman–Crippen MR) is 82.5 cm³/mol. The zero-order valence-corrected chi connectivity index (χ0v) is 14.5. The molecule has 0 saturated carbocycles. The minimum atomic E-state index is -4.92. The van der Waals surface area contributed by atoms with E-state index in [1.807, 2.05) is 5.32 Å². The Hall–Kier alpha value is -2.18. The van der Waals surface area contributed by atoms with Crippen molar-refractivity contribution in [2.24, 2.45) is 0 Å². The highest BCUT2D eigenvalue weighted by Gasteiger charge is 2.38. The highest BCUT2D eigenvalue weighted by atomic mass is 32.2. The van der Waals surface area contributed by atoms with Crippen LogP contribution in [0.1, 0.15) is 19.4 Å². The number of rotatable bonds is 7. The van der Waals surface area contributed by atoms with Crippen molar-refractivity contribution in [1.29, 1.82) is 0 Å². The maximum absolute atomic E-state index is 12.9. The molecule has 2 unspecified atom stereocenters. The van der Waals surface area contributed by atoms with E-state index < -0.39 is 56.7 Å². The maximum atomic E-state index is 12.9. The predicted octanol–water partition coefficient (Wildman–Crippen LogP) is 0.324. The summed E-state index contributed by atoms with van der Waals surface area (Å²) < 4.78 is 65.0. The van der Waals surface area contributed by atoms with Gasteiger partial charge in [-0.1, -0.05) is 12.1 Å². The van der Waals surface area contributed by atoms with Crippen LogP contribution in [-0.4, -0.2) is 48.7 Å². The van der Waals surface area contributed by atoms with E-state index in [2.05, 4.69) is 0 Å². The average Bonchev–Trinajstić information content (AvgIpc) is 2.51. The fraction of sp³-hybridized carbons (Fsp3) is 0.429. The number of carbonyl (C=O) groups excluding carboxylic acids is 1. The molecule has 146 valence electrons. The Kier molecular flexibility index (Phi) is 6.39. The second-order valence-corrected chi connectivity index (χ2v) is 7.32. The molecule has 0 aliphatic rings. The van der Waals surface area contributed by atoms with Crippen LogP contribution in [0.5, 0.6) is 0 Å². The molecule has 0 fully saturated rings. The lowest BCUT2D eigenvalue weighted by atomic mass is 10.1. The number of sulfonamides is 1. The number of amides is 1. The van der Waals surface area contributed by atoms with Crippen LogP contribution in [0.25, 0.3) is 0 Å². The standard InChI is InChI=1S/C14H17F3N2O6S/c1-8(11(20)18-7-13(2,23)12(21)22)19-26(24,25)10-6-4-3-5-9(10)14(15,16)17/h3-6,8,19,23H,7H2,1-2H3,(H,18,20)(H,21,22). The number of hydrogen-bond acceptors (Lipinski definition) is 5. The van der Waals surface area contributed by atoms with Crippen molar-refractivity contribution < 1.29 is 41.4 Å². The molecule has 0 spiro atoms. The normalized spacial score (nSPS) is 15.8. The number of carboxylic acid groups (broad SMARTS) is 1. The van der Waals surface area contributed by atoms with E-state index in [9.17, 15) is 36.3 Å². The Bertz CT molecular complexity index is 792. The van der Waals surface area contributed by atoms with Gasteiger partial charge in [-0.15, -0.1) is 0 Å². The summed E-state index contributed by atoms with van der Waals surface area (Å²) in [5.41, 5.74) is -3.69. The Morgan fingerprint density at radius 1 is 1.23 bits per heavy atom. The van der Waals surface area contributed by atoms with E-state index >= 15 is 0 Å². The fourth-order valence-electron chi connectivity index (χ4n) is 1.77. The lowest BCUT2D eigenvalue weighted by Gasteiger charge is -2.21. The molecule has 1 amide bonds. The number of hydrogen-bond donors (Lipinski definition) is 4. The van der Waals surface area contributed by atoms with Gasteiger partial charge in [0.25, 0.3) is 0 Å². The van der Waals surface area contributed by atoms with E-state index in [4.69, 9.17) is 5.11 Å². The van der Waals surface area contributed by atoms with Crippen LogP contribution in [0, 0.1) is 0 Å². The van der Waals surface area contributed by atoms with E-state index in [0.717, 1.165) is 32.0 Å². The number of alkyl halides is 3. The Morgan fingerprint density at radius 2 is 1.77 bits per heavy atom. The van der Waals surface area contributed by atoms with Crippen molar-refractivity contribution >= 4 is 21.9 Å². The number of carbonyl (C=O) groups is 2. The average molecular weight is 398 g/mol. The molecule has 0 bridgehead atoms. The fourth-order valence-corrected chi connectivity index (χ4v) is 3.20. The van der Waals surface area contributed by atoms with Gasteiger partial charge in [0.05, 0.1) is 23.0 Å². The van der Waals surface area contributed by atoms with Crippen LogP contribution in [0.2, 0.25) is 0 Å². The van der Waals surface area contributed by atoms with Crippen molar-refractivity contribution in [2.45, 2.75) is 36.6 Å². The minimum Gasteiger partial charge on any atom is -0.479 e. The van der Waals surface area contributed by atoms with Gasteiger partial charge in [-0.25, -0.2) is 13.2 Å². The molecular formula is C14H17F3N2O6S. The molecule has 0 aliphatic heterocycles. The summed E-state index contributed by atoms with van der Waals surface area (Å²) in [6, 6.07) is 1.92. The Morgan fingerprint density at radius 3 is 2.27 bits per heavy atom. The Labute approximate surface area is 147 Å². The van der Waals surface area contributed by atoms with E-state index in [1.54, 1.807) is 4.72 Å². The molecule has 0 aromatic heterocycles. The Balaban J connectivity index is 2.94. The third-order valence-electron chi connectivity index (χ3n) is 3.27. The topological polar surface area (TPSA) is 133 Å². The first-order valence-electron chi connectivity index (χ1n) is 7.10. The van der Waals surface area contributed by atoms with Crippen LogP contribution >= 0.6 is 0 Å². The van der Waals surface area contributed by atoms with Gasteiger partial charge < -0.3 is 15.5 Å². The van der Waals surface area contributed by atoms with Gasteiger partial charge >= 0.3 is 12.1 Å². The summed E-state index contributed by atoms with van der Waals surface area (Å²) in [6.45, 7) is 1.23. The molecule has 0 saturated heterocycles. The quantitative estimate of drug-likeness (QED) is 0.523. The molecule has 0 heterocycles. The maximum Gasteiger partial charge on any atom is 0.417 e. The number of nitrogens with one attached hydrogen (secondary N) is 2. The van der Waals surface area contributed by atoms with Crippen molar-refractivity contribution in [3.8, 4) is 0 Å². The van der Waals surface area contributed by atoms with E-state index in [-0.39, 0.29) is 0 Å². The smallest absolute Gasteiger partial charge is 0.417 e. The zero-order valence-electron chi connectivity index (χ0n) is 13.7. The van der Waals surface area contributed by atoms with Crippen molar-refractivity contribution in [3.05, 3.63) is 29.8 Å². The summed E-state index contributed by atoms with van der Waals surface area (Å²) in [7, 11) is -4.70. The second kappa shape index (κ2) is 7.60. The first kappa shape index (κ1) is 21.9. The lowest BCUT2D eigenvalue weighted by molar-refractivity contribution is -0.156. The lowest BCUT2D eigenvalue weighted by Crippen LogP contribution is -2.51. The number of halogens is 3. The molecule has 1 aromatic rings. The van der Waals surface area contributed by atoms with E-state index in [0.29, 0.717) is 6.07 Å². The minimum absolute atomic E-state index is 0.587. The van der Waals surface area contributed by atoms with E-state index in [1.165, 1.54) is 0 Å². The highest BCUT2D eigenvalue weighted by Crippen LogP contribution is 2.33. The molecule has 0 aliphatic carbocycles. The summed E-state index contributed by atoms with van der Waals surface area (Å²) in [5.74, 6) is -2.65. The number of aliphatic hydroxyl groups is 1. The van der Waals surface area contributed by atoms with Gasteiger partial charge in [-0.05, 0) is 26.0 Å². The van der Waals surface area contributed by atoms with Gasteiger partial charge in [0.1, 0.15) is 0 Å². The molecule has 4 N–H and O–H groups in total.